The van der Waals surface area contributed by atoms with Gasteiger partial charge in [-0.05, 0) is 37.7 Å². The molecule has 1 aliphatic rings. The molecule has 3 N–H and O–H groups in total. The van der Waals surface area contributed by atoms with Gasteiger partial charge in [-0.25, -0.2) is 0 Å². The number of hydrogen-bond donors (Lipinski definition) is 2. The molecule has 1 aromatic rings. The standard InChI is InChI=1S/C17H26N2O/c1-13(14-7-5-6-8-14)19-17(20)12-11-16(18)15-9-3-2-4-10-15/h2-4,9-10,13-14,16H,5-8,11-12,18H2,1H3,(H,19,20). The molecule has 3 heteroatoms. The second-order valence-corrected chi connectivity index (χ2v) is 5.96. The molecule has 0 heterocycles. The van der Waals surface area contributed by atoms with Gasteiger partial charge < -0.3 is 11.1 Å². The first-order valence-electron chi connectivity index (χ1n) is 7.76. The van der Waals surface area contributed by atoms with Crippen molar-refractivity contribution in [1.29, 1.82) is 0 Å². The van der Waals surface area contributed by atoms with Gasteiger partial charge in [0.1, 0.15) is 0 Å². The maximum absolute atomic E-state index is 12.0. The summed E-state index contributed by atoms with van der Waals surface area (Å²) < 4.78 is 0. The number of carbonyl (C=O) groups is 1. The van der Waals surface area contributed by atoms with Crippen LogP contribution in [0.15, 0.2) is 30.3 Å². The van der Waals surface area contributed by atoms with Crippen LogP contribution < -0.4 is 11.1 Å². The lowest BCUT2D eigenvalue weighted by Crippen LogP contribution is -2.37. The van der Waals surface area contributed by atoms with Crippen LogP contribution in [-0.2, 0) is 4.79 Å². The van der Waals surface area contributed by atoms with Crippen LogP contribution in [0.5, 0.6) is 0 Å². The monoisotopic (exact) mass is 274 g/mol. The van der Waals surface area contributed by atoms with Crippen LogP contribution in [0, 0.1) is 5.92 Å². The van der Waals surface area contributed by atoms with E-state index in [2.05, 4.69) is 12.2 Å². The van der Waals surface area contributed by atoms with E-state index in [0.717, 1.165) is 5.56 Å². The highest BCUT2D eigenvalue weighted by Gasteiger charge is 2.22. The molecular formula is C17H26N2O. The Morgan fingerprint density at radius 1 is 1.30 bits per heavy atom. The van der Waals surface area contributed by atoms with Crippen LogP contribution in [0.1, 0.15) is 57.1 Å². The first-order valence-corrected chi connectivity index (χ1v) is 7.76. The molecule has 2 atom stereocenters. The van der Waals surface area contributed by atoms with E-state index in [1.54, 1.807) is 0 Å². The van der Waals surface area contributed by atoms with E-state index in [1.165, 1.54) is 25.7 Å². The lowest BCUT2D eigenvalue weighted by molar-refractivity contribution is -0.122. The summed E-state index contributed by atoms with van der Waals surface area (Å²) >= 11 is 0. The molecule has 0 radical (unpaired) electrons. The molecule has 110 valence electrons. The number of hydrogen-bond acceptors (Lipinski definition) is 2. The minimum atomic E-state index is -0.0521. The van der Waals surface area contributed by atoms with Crippen molar-refractivity contribution < 1.29 is 4.79 Å². The second-order valence-electron chi connectivity index (χ2n) is 5.96. The topological polar surface area (TPSA) is 55.1 Å². The molecule has 20 heavy (non-hydrogen) atoms. The van der Waals surface area contributed by atoms with E-state index < -0.39 is 0 Å². The van der Waals surface area contributed by atoms with E-state index in [4.69, 9.17) is 5.73 Å². The van der Waals surface area contributed by atoms with Crippen LogP contribution in [-0.4, -0.2) is 11.9 Å². The molecule has 0 spiro atoms. The zero-order chi connectivity index (χ0) is 14.4. The van der Waals surface area contributed by atoms with Gasteiger partial charge in [-0.1, -0.05) is 43.2 Å². The van der Waals surface area contributed by atoms with Crippen LogP contribution in [0.2, 0.25) is 0 Å². The Hall–Kier alpha value is -1.35. The SMILES string of the molecule is CC(NC(=O)CCC(N)c1ccccc1)C1CCCC1. The summed E-state index contributed by atoms with van der Waals surface area (Å²) in [5, 5.41) is 3.13. The minimum absolute atomic E-state index is 0.0521. The molecule has 0 aliphatic heterocycles. The molecule has 3 nitrogen and oxygen atoms in total. The van der Waals surface area contributed by atoms with Crippen LogP contribution in [0.4, 0.5) is 0 Å². The molecule has 0 bridgehead atoms. The average molecular weight is 274 g/mol. The molecule has 0 aromatic heterocycles. The highest BCUT2D eigenvalue weighted by molar-refractivity contribution is 5.76. The Bertz CT molecular complexity index is 412. The first kappa shape index (κ1) is 15.0. The van der Waals surface area contributed by atoms with Crippen molar-refractivity contribution in [3.8, 4) is 0 Å². The predicted octanol–water partition coefficient (Wildman–Crippen LogP) is 3.16. The third kappa shape index (κ3) is 4.34. The Balaban J connectivity index is 1.72. The maximum atomic E-state index is 12.0. The summed E-state index contributed by atoms with van der Waals surface area (Å²) in [6, 6.07) is 10.2. The van der Waals surface area contributed by atoms with Crippen molar-refractivity contribution in [2.45, 2.75) is 57.5 Å². The molecule has 1 fully saturated rings. The van der Waals surface area contributed by atoms with E-state index in [1.807, 2.05) is 30.3 Å². The molecule has 1 aliphatic carbocycles. The van der Waals surface area contributed by atoms with E-state index >= 15 is 0 Å². The quantitative estimate of drug-likeness (QED) is 0.837. The van der Waals surface area contributed by atoms with Gasteiger partial charge in [-0.15, -0.1) is 0 Å². The fourth-order valence-corrected chi connectivity index (χ4v) is 3.05. The molecule has 1 amide bonds. The van der Waals surface area contributed by atoms with Gasteiger partial charge >= 0.3 is 0 Å². The number of carbonyl (C=O) groups excluding carboxylic acids is 1. The van der Waals surface area contributed by atoms with E-state index in [-0.39, 0.29) is 11.9 Å². The van der Waals surface area contributed by atoms with Gasteiger partial charge in [-0.3, -0.25) is 4.79 Å². The molecule has 2 rings (SSSR count). The van der Waals surface area contributed by atoms with Crippen molar-refractivity contribution in [3.05, 3.63) is 35.9 Å². The number of nitrogens with two attached hydrogens (primary N) is 1. The molecule has 2 unspecified atom stereocenters. The van der Waals surface area contributed by atoms with Gasteiger partial charge in [0.2, 0.25) is 5.91 Å². The fraction of sp³-hybridized carbons (Fsp3) is 0.588. The van der Waals surface area contributed by atoms with Gasteiger partial charge in [0.15, 0.2) is 0 Å². The average Bonchev–Trinajstić information content (AvgIpc) is 3.00. The van der Waals surface area contributed by atoms with E-state index in [9.17, 15) is 4.79 Å². The summed E-state index contributed by atoms with van der Waals surface area (Å²) in [5.41, 5.74) is 7.22. The minimum Gasteiger partial charge on any atom is -0.353 e. The van der Waals surface area contributed by atoms with Crippen LogP contribution in [0.25, 0.3) is 0 Å². The maximum Gasteiger partial charge on any atom is 0.220 e. The number of nitrogens with one attached hydrogen (secondary N) is 1. The zero-order valence-corrected chi connectivity index (χ0v) is 12.3. The van der Waals surface area contributed by atoms with Gasteiger partial charge in [0.05, 0.1) is 0 Å². The third-order valence-corrected chi connectivity index (χ3v) is 4.41. The summed E-state index contributed by atoms with van der Waals surface area (Å²) in [5.74, 6) is 0.803. The highest BCUT2D eigenvalue weighted by Crippen LogP contribution is 2.27. The number of rotatable bonds is 6. The molecular weight excluding hydrogens is 248 g/mol. The van der Waals surface area contributed by atoms with Gasteiger partial charge in [0, 0.05) is 18.5 Å². The highest BCUT2D eigenvalue weighted by atomic mass is 16.1. The van der Waals surface area contributed by atoms with Crippen molar-refractivity contribution in [2.24, 2.45) is 11.7 Å². The Morgan fingerprint density at radius 3 is 2.60 bits per heavy atom. The Kier molecular flexibility index (Phi) is 5.60. The van der Waals surface area contributed by atoms with Crippen molar-refractivity contribution >= 4 is 5.91 Å². The van der Waals surface area contributed by atoms with Crippen molar-refractivity contribution in [1.82, 2.24) is 5.32 Å². The zero-order valence-electron chi connectivity index (χ0n) is 12.3. The van der Waals surface area contributed by atoms with Gasteiger partial charge in [-0.2, -0.15) is 0 Å². The number of benzene rings is 1. The van der Waals surface area contributed by atoms with E-state index in [0.29, 0.717) is 24.8 Å². The second kappa shape index (κ2) is 7.44. The first-order chi connectivity index (χ1) is 9.66. The third-order valence-electron chi connectivity index (χ3n) is 4.41. The smallest absolute Gasteiger partial charge is 0.220 e. The largest absolute Gasteiger partial charge is 0.353 e. The molecule has 1 aromatic carbocycles. The summed E-state index contributed by atoms with van der Waals surface area (Å²) in [7, 11) is 0. The summed E-state index contributed by atoms with van der Waals surface area (Å²) in [4.78, 5) is 12.0. The lowest BCUT2D eigenvalue weighted by atomic mass is 9.99. The molecule has 1 saturated carbocycles. The van der Waals surface area contributed by atoms with Gasteiger partial charge in [0.25, 0.3) is 0 Å². The predicted molar refractivity (Wildman–Crippen MR) is 82.2 cm³/mol. The normalized spacial score (nSPS) is 18.7. The Morgan fingerprint density at radius 2 is 1.95 bits per heavy atom. The Labute approximate surface area is 121 Å². The van der Waals surface area contributed by atoms with Crippen LogP contribution >= 0.6 is 0 Å². The van der Waals surface area contributed by atoms with Crippen molar-refractivity contribution in [2.75, 3.05) is 0 Å². The fourth-order valence-electron chi connectivity index (χ4n) is 3.05. The lowest BCUT2D eigenvalue weighted by Gasteiger charge is -2.21. The molecule has 0 saturated heterocycles. The summed E-state index contributed by atoms with van der Waals surface area (Å²) in [6.07, 6.45) is 6.34. The number of amides is 1. The van der Waals surface area contributed by atoms with Crippen LogP contribution in [0.3, 0.4) is 0 Å². The van der Waals surface area contributed by atoms with Crippen molar-refractivity contribution in [3.63, 3.8) is 0 Å². The summed E-state index contributed by atoms with van der Waals surface area (Å²) in [6.45, 7) is 2.13.